The molecule has 2 aromatic carbocycles. The Kier molecular flexibility index (Phi) is 7.46. The lowest BCUT2D eigenvalue weighted by Crippen LogP contribution is -2.46. The summed E-state index contributed by atoms with van der Waals surface area (Å²) >= 11 is 3.39. The molecule has 30 heavy (non-hydrogen) atoms. The van der Waals surface area contributed by atoms with E-state index in [1.54, 1.807) is 37.3 Å². The van der Waals surface area contributed by atoms with E-state index in [1.165, 1.54) is 0 Å². The molecular weight excluding hydrogens is 452 g/mol. The summed E-state index contributed by atoms with van der Waals surface area (Å²) in [7, 11) is 0. The van der Waals surface area contributed by atoms with Crippen LogP contribution < -0.4 is 10.1 Å². The van der Waals surface area contributed by atoms with Gasteiger partial charge in [-0.25, -0.2) is 4.79 Å². The van der Waals surface area contributed by atoms with Gasteiger partial charge in [-0.3, -0.25) is 9.59 Å². The molecule has 0 spiro atoms. The van der Waals surface area contributed by atoms with E-state index in [9.17, 15) is 14.4 Å². The fraction of sp³-hybridized carbons (Fsp3) is 0.318. The molecule has 2 aromatic rings. The molecular formula is C22H23BrN2O5. The van der Waals surface area contributed by atoms with Crippen LogP contribution in [0.15, 0.2) is 53.0 Å². The van der Waals surface area contributed by atoms with Gasteiger partial charge in [0.1, 0.15) is 5.75 Å². The van der Waals surface area contributed by atoms with Crippen LogP contribution in [0.3, 0.4) is 0 Å². The molecule has 0 aliphatic carbocycles. The Hall–Kier alpha value is -2.87. The van der Waals surface area contributed by atoms with Crippen molar-refractivity contribution in [3.05, 3.63) is 64.1 Å². The molecule has 8 heteroatoms. The SMILES string of the molecule is CCOC(=O)Oc1ccc(C(=O)NC2CCN(C(=O)c3cccc(Br)c3)CC2)cc1. The van der Waals surface area contributed by atoms with Gasteiger partial charge in [0.25, 0.3) is 11.8 Å². The molecule has 0 radical (unpaired) electrons. The van der Waals surface area contributed by atoms with Crippen molar-refractivity contribution in [2.75, 3.05) is 19.7 Å². The largest absolute Gasteiger partial charge is 0.513 e. The summed E-state index contributed by atoms with van der Waals surface area (Å²) in [5.74, 6) is 0.108. The Labute approximate surface area is 183 Å². The summed E-state index contributed by atoms with van der Waals surface area (Å²) in [6.45, 7) is 3.09. The number of halogens is 1. The molecule has 1 aliphatic rings. The molecule has 0 atom stereocenters. The summed E-state index contributed by atoms with van der Waals surface area (Å²) in [4.78, 5) is 38.3. The first-order valence-electron chi connectivity index (χ1n) is 9.76. The Morgan fingerprint density at radius 3 is 2.40 bits per heavy atom. The van der Waals surface area contributed by atoms with E-state index in [4.69, 9.17) is 9.47 Å². The van der Waals surface area contributed by atoms with Crippen LogP contribution in [0.4, 0.5) is 4.79 Å². The second-order valence-electron chi connectivity index (χ2n) is 6.86. The Morgan fingerprint density at radius 2 is 1.77 bits per heavy atom. The van der Waals surface area contributed by atoms with Gasteiger partial charge < -0.3 is 19.7 Å². The average Bonchev–Trinajstić information content (AvgIpc) is 2.74. The highest BCUT2D eigenvalue weighted by Gasteiger charge is 2.25. The van der Waals surface area contributed by atoms with Crippen molar-refractivity contribution in [2.24, 2.45) is 0 Å². The Balaban J connectivity index is 1.49. The van der Waals surface area contributed by atoms with Crippen molar-refractivity contribution in [3.8, 4) is 5.75 Å². The number of rotatable bonds is 5. The number of nitrogens with one attached hydrogen (secondary N) is 1. The second kappa shape index (κ2) is 10.2. The van der Waals surface area contributed by atoms with E-state index >= 15 is 0 Å². The van der Waals surface area contributed by atoms with Crippen LogP contribution in [0.5, 0.6) is 5.75 Å². The zero-order chi connectivity index (χ0) is 21.5. The zero-order valence-corrected chi connectivity index (χ0v) is 18.2. The third-order valence-electron chi connectivity index (χ3n) is 4.77. The van der Waals surface area contributed by atoms with Gasteiger partial charge in [0.05, 0.1) is 6.61 Å². The fourth-order valence-electron chi connectivity index (χ4n) is 3.22. The van der Waals surface area contributed by atoms with Gasteiger partial charge in [0.15, 0.2) is 0 Å². The van der Waals surface area contributed by atoms with Crippen molar-refractivity contribution in [3.63, 3.8) is 0 Å². The minimum atomic E-state index is -0.779. The lowest BCUT2D eigenvalue weighted by Gasteiger charge is -2.32. The van der Waals surface area contributed by atoms with Gasteiger partial charge in [-0.05, 0) is 62.2 Å². The van der Waals surface area contributed by atoms with Crippen LogP contribution in [0.2, 0.25) is 0 Å². The molecule has 1 saturated heterocycles. The number of hydrogen-bond acceptors (Lipinski definition) is 5. The van der Waals surface area contributed by atoms with Crippen molar-refractivity contribution < 1.29 is 23.9 Å². The van der Waals surface area contributed by atoms with Gasteiger partial charge in [0, 0.05) is 34.7 Å². The number of amides is 2. The summed E-state index contributed by atoms with van der Waals surface area (Å²) in [6, 6.07) is 13.6. The summed E-state index contributed by atoms with van der Waals surface area (Å²) in [5.41, 5.74) is 1.12. The van der Waals surface area contributed by atoms with Crippen LogP contribution in [-0.2, 0) is 4.74 Å². The van der Waals surface area contributed by atoms with Crippen LogP contribution in [0.25, 0.3) is 0 Å². The van der Waals surface area contributed by atoms with Crippen LogP contribution in [0, 0.1) is 0 Å². The predicted octanol–water partition coefficient (Wildman–Crippen LogP) is 4.02. The summed E-state index contributed by atoms with van der Waals surface area (Å²) in [6.07, 6.45) is 0.601. The molecule has 1 heterocycles. The molecule has 7 nitrogen and oxygen atoms in total. The van der Waals surface area contributed by atoms with Gasteiger partial charge >= 0.3 is 6.16 Å². The number of carbonyl (C=O) groups is 3. The highest BCUT2D eigenvalue weighted by molar-refractivity contribution is 9.10. The summed E-state index contributed by atoms with van der Waals surface area (Å²) < 4.78 is 10.6. The molecule has 3 rings (SSSR count). The first-order chi connectivity index (χ1) is 14.5. The first-order valence-corrected chi connectivity index (χ1v) is 10.6. The molecule has 1 fully saturated rings. The number of ether oxygens (including phenoxy) is 2. The average molecular weight is 475 g/mol. The smallest absolute Gasteiger partial charge is 0.434 e. The van der Waals surface area contributed by atoms with E-state index in [1.807, 2.05) is 23.1 Å². The second-order valence-corrected chi connectivity index (χ2v) is 7.78. The third kappa shape index (κ3) is 5.82. The number of hydrogen-bond donors (Lipinski definition) is 1. The van der Waals surface area contributed by atoms with Crippen LogP contribution in [0.1, 0.15) is 40.5 Å². The van der Waals surface area contributed by atoms with Gasteiger partial charge in [-0.2, -0.15) is 0 Å². The minimum absolute atomic E-state index is 0.000446. The Morgan fingerprint density at radius 1 is 1.07 bits per heavy atom. The molecule has 1 N–H and O–H groups in total. The lowest BCUT2D eigenvalue weighted by molar-refractivity contribution is 0.0697. The number of likely N-dealkylation sites (tertiary alicyclic amines) is 1. The van der Waals surface area contributed by atoms with E-state index in [0.29, 0.717) is 42.8 Å². The molecule has 2 amide bonds. The standard InChI is InChI=1S/C22H23BrN2O5/c1-2-29-22(28)30-19-8-6-15(7-9-19)20(26)24-18-10-12-25(13-11-18)21(27)16-4-3-5-17(23)14-16/h3-9,14,18H,2,10-13H2,1H3,(H,24,26). The lowest BCUT2D eigenvalue weighted by atomic mass is 10.0. The number of nitrogens with zero attached hydrogens (tertiary/aromatic N) is 1. The zero-order valence-electron chi connectivity index (χ0n) is 16.6. The van der Waals surface area contributed by atoms with E-state index in [0.717, 1.165) is 4.47 Å². The first kappa shape index (κ1) is 21.8. The predicted molar refractivity (Wildman–Crippen MR) is 115 cm³/mol. The van der Waals surface area contributed by atoms with E-state index in [2.05, 4.69) is 21.2 Å². The number of piperidine rings is 1. The monoisotopic (exact) mass is 474 g/mol. The summed E-state index contributed by atoms with van der Waals surface area (Å²) in [5, 5.41) is 3.01. The molecule has 0 aromatic heterocycles. The number of carbonyl (C=O) groups excluding carboxylic acids is 3. The molecule has 158 valence electrons. The van der Waals surface area contributed by atoms with Crippen molar-refractivity contribution in [1.82, 2.24) is 10.2 Å². The van der Waals surface area contributed by atoms with Crippen LogP contribution >= 0.6 is 15.9 Å². The maximum absolute atomic E-state index is 12.6. The minimum Gasteiger partial charge on any atom is -0.434 e. The molecule has 0 saturated carbocycles. The van der Waals surface area contributed by atoms with Gasteiger partial charge in [-0.15, -0.1) is 0 Å². The highest BCUT2D eigenvalue weighted by atomic mass is 79.9. The topological polar surface area (TPSA) is 84.9 Å². The van der Waals surface area contributed by atoms with Crippen LogP contribution in [-0.4, -0.2) is 48.6 Å². The van der Waals surface area contributed by atoms with Crippen molar-refractivity contribution >= 4 is 33.9 Å². The van der Waals surface area contributed by atoms with Gasteiger partial charge in [-0.1, -0.05) is 22.0 Å². The maximum atomic E-state index is 12.6. The van der Waals surface area contributed by atoms with E-state index < -0.39 is 6.16 Å². The molecule has 0 unspecified atom stereocenters. The van der Waals surface area contributed by atoms with E-state index in [-0.39, 0.29) is 24.5 Å². The normalized spacial score (nSPS) is 14.1. The Bertz CT molecular complexity index is 908. The van der Waals surface area contributed by atoms with Crippen molar-refractivity contribution in [2.45, 2.75) is 25.8 Å². The van der Waals surface area contributed by atoms with Gasteiger partial charge in [0.2, 0.25) is 0 Å². The molecule has 1 aliphatic heterocycles. The third-order valence-corrected chi connectivity index (χ3v) is 5.26. The quantitative estimate of drug-likeness (QED) is 0.522. The fourth-order valence-corrected chi connectivity index (χ4v) is 3.62. The molecule has 0 bridgehead atoms. The number of benzene rings is 2. The van der Waals surface area contributed by atoms with Crippen molar-refractivity contribution in [1.29, 1.82) is 0 Å². The highest BCUT2D eigenvalue weighted by Crippen LogP contribution is 2.18. The maximum Gasteiger partial charge on any atom is 0.513 e.